The third-order valence-corrected chi connectivity index (χ3v) is 2.73. The third kappa shape index (κ3) is 3.32. The molecule has 1 unspecified atom stereocenters. The SMILES string of the molecule is C=CCC(C)NC(=O)C1(N)CCOCC1. The molecule has 0 radical (unpaired) electrons. The Morgan fingerprint density at radius 1 is 1.67 bits per heavy atom. The molecule has 1 amide bonds. The summed E-state index contributed by atoms with van der Waals surface area (Å²) in [5, 5.41) is 2.90. The molecular formula is C11H20N2O2. The van der Waals surface area contributed by atoms with Gasteiger partial charge in [-0.15, -0.1) is 6.58 Å². The van der Waals surface area contributed by atoms with Gasteiger partial charge in [0.05, 0.1) is 5.54 Å². The first-order valence-electron chi connectivity index (χ1n) is 5.37. The Hall–Kier alpha value is -0.870. The predicted molar refractivity (Wildman–Crippen MR) is 59.4 cm³/mol. The molecule has 1 heterocycles. The summed E-state index contributed by atoms with van der Waals surface area (Å²) >= 11 is 0. The van der Waals surface area contributed by atoms with Crippen molar-refractivity contribution >= 4 is 5.91 Å². The van der Waals surface area contributed by atoms with Crippen molar-refractivity contribution in [3.63, 3.8) is 0 Å². The van der Waals surface area contributed by atoms with Crippen LogP contribution in [0.25, 0.3) is 0 Å². The van der Waals surface area contributed by atoms with E-state index in [2.05, 4.69) is 11.9 Å². The van der Waals surface area contributed by atoms with E-state index in [1.165, 1.54) is 0 Å². The van der Waals surface area contributed by atoms with Crippen LogP contribution >= 0.6 is 0 Å². The van der Waals surface area contributed by atoms with Crippen LogP contribution < -0.4 is 11.1 Å². The zero-order valence-electron chi connectivity index (χ0n) is 9.29. The molecule has 1 atom stereocenters. The van der Waals surface area contributed by atoms with E-state index in [4.69, 9.17) is 10.5 Å². The molecule has 0 aliphatic carbocycles. The van der Waals surface area contributed by atoms with Crippen LogP contribution in [-0.2, 0) is 9.53 Å². The quantitative estimate of drug-likeness (QED) is 0.670. The van der Waals surface area contributed by atoms with E-state index in [-0.39, 0.29) is 11.9 Å². The summed E-state index contributed by atoms with van der Waals surface area (Å²) in [6.07, 6.45) is 3.75. The van der Waals surface area contributed by atoms with Gasteiger partial charge in [-0.05, 0) is 26.2 Å². The molecule has 0 aromatic heterocycles. The molecule has 4 nitrogen and oxygen atoms in total. The van der Waals surface area contributed by atoms with Gasteiger partial charge in [-0.1, -0.05) is 6.08 Å². The minimum absolute atomic E-state index is 0.0693. The Bertz CT molecular complexity index is 235. The monoisotopic (exact) mass is 212 g/mol. The highest BCUT2D eigenvalue weighted by molar-refractivity contribution is 5.86. The summed E-state index contributed by atoms with van der Waals surface area (Å²) in [5.74, 6) is -0.0693. The molecule has 4 heteroatoms. The van der Waals surface area contributed by atoms with Gasteiger partial charge in [-0.25, -0.2) is 0 Å². The number of ether oxygens (including phenoxy) is 1. The maximum absolute atomic E-state index is 11.9. The lowest BCUT2D eigenvalue weighted by molar-refractivity contribution is -0.130. The van der Waals surface area contributed by atoms with Crippen LogP contribution in [0.5, 0.6) is 0 Å². The second-order valence-corrected chi connectivity index (χ2v) is 4.17. The number of carbonyl (C=O) groups excluding carboxylic acids is 1. The van der Waals surface area contributed by atoms with Crippen LogP contribution in [0, 0.1) is 0 Å². The van der Waals surface area contributed by atoms with Gasteiger partial charge in [0, 0.05) is 19.3 Å². The zero-order chi connectivity index (χ0) is 11.3. The smallest absolute Gasteiger partial charge is 0.240 e. The van der Waals surface area contributed by atoms with Crippen LogP contribution in [0.2, 0.25) is 0 Å². The highest BCUT2D eigenvalue weighted by Gasteiger charge is 2.36. The molecule has 1 aliphatic heterocycles. The lowest BCUT2D eigenvalue weighted by atomic mass is 9.90. The zero-order valence-corrected chi connectivity index (χ0v) is 9.29. The van der Waals surface area contributed by atoms with Crippen LogP contribution in [0.4, 0.5) is 0 Å². The summed E-state index contributed by atoms with van der Waals surface area (Å²) in [6.45, 7) is 6.72. The largest absolute Gasteiger partial charge is 0.381 e. The molecule has 0 aromatic rings. The molecule has 1 rings (SSSR count). The van der Waals surface area contributed by atoms with Crippen molar-refractivity contribution in [1.82, 2.24) is 5.32 Å². The van der Waals surface area contributed by atoms with Crippen LogP contribution in [0.3, 0.4) is 0 Å². The molecule has 0 spiro atoms. The highest BCUT2D eigenvalue weighted by atomic mass is 16.5. The Labute approximate surface area is 90.9 Å². The lowest BCUT2D eigenvalue weighted by Crippen LogP contribution is -2.58. The van der Waals surface area contributed by atoms with Gasteiger partial charge in [0.15, 0.2) is 0 Å². The first-order chi connectivity index (χ1) is 7.08. The summed E-state index contributed by atoms with van der Waals surface area (Å²) in [5.41, 5.74) is 5.29. The number of hydrogen-bond acceptors (Lipinski definition) is 3. The van der Waals surface area contributed by atoms with Crippen molar-refractivity contribution in [2.45, 2.75) is 37.8 Å². The predicted octanol–water partition coefficient (Wildman–Crippen LogP) is 0.575. The summed E-state index contributed by atoms with van der Waals surface area (Å²) < 4.78 is 5.19. The number of nitrogens with one attached hydrogen (secondary N) is 1. The maximum atomic E-state index is 11.9. The van der Waals surface area contributed by atoms with Gasteiger partial charge in [-0.2, -0.15) is 0 Å². The molecule has 0 aromatic carbocycles. The molecule has 15 heavy (non-hydrogen) atoms. The Morgan fingerprint density at radius 3 is 2.80 bits per heavy atom. The van der Waals surface area contributed by atoms with E-state index in [1.807, 2.05) is 6.92 Å². The lowest BCUT2D eigenvalue weighted by Gasteiger charge is -2.32. The number of carbonyl (C=O) groups is 1. The molecular weight excluding hydrogens is 192 g/mol. The van der Waals surface area contributed by atoms with E-state index in [9.17, 15) is 4.79 Å². The van der Waals surface area contributed by atoms with Crippen molar-refractivity contribution in [2.24, 2.45) is 5.73 Å². The van der Waals surface area contributed by atoms with Gasteiger partial charge >= 0.3 is 0 Å². The van der Waals surface area contributed by atoms with E-state index in [0.29, 0.717) is 26.1 Å². The molecule has 0 saturated carbocycles. The normalized spacial score (nSPS) is 21.7. The topological polar surface area (TPSA) is 64.4 Å². The molecule has 3 N–H and O–H groups in total. The molecule has 86 valence electrons. The molecule has 1 aliphatic rings. The van der Waals surface area contributed by atoms with E-state index in [1.54, 1.807) is 6.08 Å². The Morgan fingerprint density at radius 2 is 2.27 bits per heavy atom. The number of nitrogens with two attached hydrogens (primary N) is 1. The fourth-order valence-corrected chi connectivity index (χ4v) is 1.64. The summed E-state index contributed by atoms with van der Waals surface area (Å²) in [7, 11) is 0. The number of rotatable bonds is 4. The van der Waals surface area contributed by atoms with Gasteiger partial charge in [0.2, 0.25) is 5.91 Å². The third-order valence-electron chi connectivity index (χ3n) is 2.73. The second kappa shape index (κ2) is 5.28. The number of hydrogen-bond donors (Lipinski definition) is 2. The van der Waals surface area contributed by atoms with Crippen molar-refractivity contribution in [3.8, 4) is 0 Å². The Kier molecular flexibility index (Phi) is 4.29. The van der Waals surface area contributed by atoms with Crippen LogP contribution in [0.15, 0.2) is 12.7 Å². The molecule has 0 bridgehead atoms. The van der Waals surface area contributed by atoms with Crippen molar-refractivity contribution in [2.75, 3.05) is 13.2 Å². The van der Waals surface area contributed by atoms with Crippen molar-refractivity contribution < 1.29 is 9.53 Å². The van der Waals surface area contributed by atoms with E-state index < -0.39 is 5.54 Å². The van der Waals surface area contributed by atoms with Crippen molar-refractivity contribution in [1.29, 1.82) is 0 Å². The summed E-state index contributed by atoms with van der Waals surface area (Å²) in [6, 6.07) is 0.0956. The van der Waals surface area contributed by atoms with E-state index in [0.717, 1.165) is 6.42 Å². The fraction of sp³-hybridized carbons (Fsp3) is 0.727. The fourth-order valence-electron chi connectivity index (χ4n) is 1.64. The average Bonchev–Trinajstić information content (AvgIpc) is 2.19. The minimum Gasteiger partial charge on any atom is -0.381 e. The van der Waals surface area contributed by atoms with Crippen molar-refractivity contribution in [3.05, 3.63) is 12.7 Å². The van der Waals surface area contributed by atoms with Crippen LogP contribution in [-0.4, -0.2) is 30.7 Å². The average molecular weight is 212 g/mol. The molecule has 1 saturated heterocycles. The minimum atomic E-state index is -0.742. The van der Waals surface area contributed by atoms with Gasteiger partial charge in [0.25, 0.3) is 0 Å². The van der Waals surface area contributed by atoms with Gasteiger partial charge in [-0.3, -0.25) is 4.79 Å². The first kappa shape index (κ1) is 12.2. The maximum Gasteiger partial charge on any atom is 0.240 e. The number of amides is 1. The highest BCUT2D eigenvalue weighted by Crippen LogP contribution is 2.17. The van der Waals surface area contributed by atoms with Crippen LogP contribution in [0.1, 0.15) is 26.2 Å². The molecule has 1 fully saturated rings. The van der Waals surface area contributed by atoms with E-state index >= 15 is 0 Å². The van der Waals surface area contributed by atoms with Gasteiger partial charge < -0.3 is 15.8 Å². The van der Waals surface area contributed by atoms with Gasteiger partial charge in [0.1, 0.15) is 0 Å². The second-order valence-electron chi connectivity index (χ2n) is 4.17. The first-order valence-corrected chi connectivity index (χ1v) is 5.37. The Balaban J connectivity index is 2.47. The summed E-state index contributed by atoms with van der Waals surface area (Å²) in [4.78, 5) is 11.9. The standard InChI is InChI=1S/C11H20N2O2/c1-3-4-9(2)13-10(14)11(12)5-7-15-8-6-11/h3,9H,1,4-8,12H2,2H3,(H,13,14).